The Labute approximate surface area is 133 Å². The summed E-state index contributed by atoms with van der Waals surface area (Å²) in [5.74, 6) is 0.289. The fourth-order valence-electron chi connectivity index (χ4n) is 2.10. The van der Waals surface area contributed by atoms with Gasteiger partial charge in [-0.2, -0.15) is 0 Å². The maximum absolute atomic E-state index is 11.3. The van der Waals surface area contributed by atoms with Crippen molar-refractivity contribution in [2.75, 3.05) is 11.5 Å². The molecule has 6 heteroatoms. The van der Waals surface area contributed by atoms with Gasteiger partial charge < -0.3 is 14.8 Å². The largest absolute Gasteiger partial charge is 0.548 e. The van der Waals surface area contributed by atoms with E-state index in [1.54, 1.807) is 11.8 Å². The van der Waals surface area contributed by atoms with E-state index in [0.29, 0.717) is 10.1 Å². The molecule has 0 saturated carbocycles. The molecule has 0 bridgehead atoms. The van der Waals surface area contributed by atoms with Gasteiger partial charge in [0.15, 0.2) is 0 Å². The van der Waals surface area contributed by atoms with Gasteiger partial charge in [-0.25, -0.2) is 0 Å². The summed E-state index contributed by atoms with van der Waals surface area (Å²) in [5, 5.41) is 11.3. The highest BCUT2D eigenvalue weighted by Gasteiger charge is 2.37. The molecule has 3 nitrogen and oxygen atoms in total. The number of aryl methyl sites for hydroxylation is 1. The number of nitrogens with zero attached hydrogens (tertiary/aromatic N) is 1. The average Bonchev–Trinajstić information content (AvgIpc) is 2.84. The van der Waals surface area contributed by atoms with Crippen LogP contribution in [-0.2, 0) is 4.79 Å². The number of thiocarbonyl (C=S) groups is 1. The fraction of sp³-hybridized carbons (Fsp3) is 0.429. The van der Waals surface area contributed by atoms with Crippen molar-refractivity contribution in [2.45, 2.75) is 25.3 Å². The number of carbonyl (C=O) groups is 1. The molecule has 1 saturated heterocycles. The van der Waals surface area contributed by atoms with E-state index in [9.17, 15) is 9.90 Å². The molecule has 0 aromatic heterocycles. The van der Waals surface area contributed by atoms with Crippen molar-refractivity contribution < 1.29 is 9.90 Å². The molecule has 0 unspecified atom stereocenters. The van der Waals surface area contributed by atoms with Crippen molar-refractivity contribution in [2.24, 2.45) is 0 Å². The lowest BCUT2D eigenvalue weighted by molar-refractivity contribution is -0.309. The monoisotopic (exact) mass is 326 g/mol. The van der Waals surface area contributed by atoms with Crippen LogP contribution in [-0.4, -0.2) is 32.7 Å². The number of carboxylic acid groups (broad SMARTS) is 1. The molecule has 0 N–H and O–H groups in total. The summed E-state index contributed by atoms with van der Waals surface area (Å²) in [4.78, 5) is 13.1. The van der Waals surface area contributed by atoms with E-state index >= 15 is 0 Å². The average molecular weight is 326 g/mol. The Hall–Kier alpha value is -0.720. The molecule has 2 rings (SSSR count). The molecule has 20 heavy (non-hydrogen) atoms. The molecule has 1 heterocycles. The van der Waals surface area contributed by atoms with Crippen LogP contribution in [0.4, 0.5) is 0 Å². The molecular formula is C14H16NO2S3-. The number of hydrogen-bond acceptors (Lipinski definition) is 5. The molecule has 2 atom stereocenters. The molecule has 108 valence electrons. The van der Waals surface area contributed by atoms with Gasteiger partial charge in [0.1, 0.15) is 9.69 Å². The number of aliphatic carboxylic acids is 1. The van der Waals surface area contributed by atoms with Crippen LogP contribution in [0.2, 0.25) is 0 Å². The van der Waals surface area contributed by atoms with Crippen LogP contribution < -0.4 is 5.11 Å². The van der Waals surface area contributed by atoms with Gasteiger partial charge in [0, 0.05) is 5.75 Å². The number of rotatable bonds is 3. The Morgan fingerprint density at radius 3 is 2.70 bits per heavy atom. The van der Waals surface area contributed by atoms with E-state index in [1.165, 1.54) is 17.3 Å². The van der Waals surface area contributed by atoms with Crippen LogP contribution in [0, 0.1) is 6.92 Å². The predicted molar refractivity (Wildman–Crippen MR) is 87.7 cm³/mol. The zero-order valence-corrected chi connectivity index (χ0v) is 13.8. The van der Waals surface area contributed by atoms with Crippen molar-refractivity contribution >= 4 is 46.0 Å². The van der Waals surface area contributed by atoms with Crippen LogP contribution in [0.3, 0.4) is 0 Å². The second-order valence-corrected chi connectivity index (χ2v) is 7.55. The predicted octanol–water partition coefficient (Wildman–Crippen LogP) is 2.20. The summed E-state index contributed by atoms with van der Waals surface area (Å²) in [7, 11) is 0. The van der Waals surface area contributed by atoms with Crippen molar-refractivity contribution in [3.63, 3.8) is 0 Å². The van der Waals surface area contributed by atoms with Crippen molar-refractivity contribution in [3.8, 4) is 0 Å². The van der Waals surface area contributed by atoms with Gasteiger partial charge in [-0.1, -0.05) is 60.7 Å². The maximum Gasteiger partial charge on any atom is 0.138 e. The second-order valence-electron chi connectivity index (χ2n) is 4.54. The Bertz CT molecular complexity index is 504. The van der Waals surface area contributed by atoms with E-state index in [2.05, 4.69) is 0 Å². The molecule has 0 radical (unpaired) electrons. The number of hydrogen-bond donors (Lipinski definition) is 0. The lowest BCUT2D eigenvalue weighted by atomic mass is 10.1. The van der Waals surface area contributed by atoms with Crippen molar-refractivity contribution in [1.82, 2.24) is 4.90 Å². The lowest BCUT2D eigenvalue weighted by Gasteiger charge is -2.31. The SMILES string of the molecule is CCSC(=S)N1[C@@H](C(=O)[O-])CS[C@H]1c1ccc(C)cc1. The van der Waals surface area contributed by atoms with Gasteiger partial charge in [0.25, 0.3) is 0 Å². The molecule has 1 aromatic rings. The third-order valence-corrected chi connectivity index (χ3v) is 5.75. The number of benzene rings is 1. The van der Waals surface area contributed by atoms with Gasteiger partial charge >= 0.3 is 0 Å². The second kappa shape index (κ2) is 6.83. The smallest absolute Gasteiger partial charge is 0.138 e. The summed E-state index contributed by atoms with van der Waals surface area (Å²) >= 11 is 8.51. The number of carboxylic acids is 1. The first-order valence-electron chi connectivity index (χ1n) is 6.38. The third-order valence-electron chi connectivity index (χ3n) is 3.11. The zero-order chi connectivity index (χ0) is 14.7. The molecule has 1 fully saturated rings. The van der Waals surface area contributed by atoms with Crippen molar-refractivity contribution in [3.05, 3.63) is 35.4 Å². The highest BCUT2D eigenvalue weighted by Crippen LogP contribution is 2.42. The Morgan fingerprint density at radius 2 is 2.15 bits per heavy atom. The Balaban J connectivity index is 2.29. The van der Waals surface area contributed by atoms with Gasteiger partial charge in [-0.3, -0.25) is 0 Å². The van der Waals surface area contributed by atoms with E-state index < -0.39 is 12.0 Å². The minimum Gasteiger partial charge on any atom is -0.548 e. The highest BCUT2D eigenvalue weighted by molar-refractivity contribution is 8.23. The zero-order valence-electron chi connectivity index (χ0n) is 11.4. The quantitative estimate of drug-likeness (QED) is 0.794. The first-order chi connectivity index (χ1) is 9.54. The summed E-state index contributed by atoms with van der Waals surface area (Å²) in [5.41, 5.74) is 2.27. The first-order valence-corrected chi connectivity index (χ1v) is 8.83. The van der Waals surface area contributed by atoms with Gasteiger partial charge in [-0.15, -0.1) is 11.8 Å². The molecule has 1 aromatic carbocycles. The highest BCUT2D eigenvalue weighted by atomic mass is 32.2. The number of thioether (sulfide) groups is 2. The number of carbonyl (C=O) groups excluding carboxylic acids is 1. The summed E-state index contributed by atoms with van der Waals surface area (Å²) in [6.45, 7) is 4.04. The van der Waals surface area contributed by atoms with Gasteiger partial charge in [0.05, 0.1) is 12.0 Å². The summed E-state index contributed by atoms with van der Waals surface area (Å²) < 4.78 is 0.636. The molecule has 0 aliphatic carbocycles. The third kappa shape index (κ3) is 3.30. The normalized spacial score (nSPS) is 22.0. The van der Waals surface area contributed by atoms with E-state index in [-0.39, 0.29) is 5.37 Å². The van der Waals surface area contributed by atoms with Crippen molar-refractivity contribution in [1.29, 1.82) is 0 Å². The lowest BCUT2D eigenvalue weighted by Crippen LogP contribution is -2.47. The summed E-state index contributed by atoms with van der Waals surface area (Å²) in [6.07, 6.45) is 0. The van der Waals surface area contributed by atoms with E-state index in [0.717, 1.165) is 11.3 Å². The van der Waals surface area contributed by atoms with E-state index in [4.69, 9.17) is 12.2 Å². The van der Waals surface area contributed by atoms with E-state index in [1.807, 2.05) is 43.0 Å². The van der Waals surface area contributed by atoms with Crippen LogP contribution in [0.1, 0.15) is 23.4 Å². The molecular weight excluding hydrogens is 310 g/mol. The topological polar surface area (TPSA) is 43.4 Å². The Morgan fingerprint density at radius 1 is 1.50 bits per heavy atom. The van der Waals surface area contributed by atoms with Crippen LogP contribution in [0.15, 0.2) is 24.3 Å². The van der Waals surface area contributed by atoms with Crippen LogP contribution in [0.25, 0.3) is 0 Å². The minimum atomic E-state index is -1.05. The minimum absolute atomic E-state index is 0.0370. The maximum atomic E-state index is 11.3. The Kier molecular flexibility index (Phi) is 5.35. The van der Waals surface area contributed by atoms with Crippen LogP contribution in [0.5, 0.6) is 0 Å². The standard InChI is InChI=1S/C14H17NO2S3/c1-3-19-14(18)15-11(13(16)17)8-20-12(15)10-6-4-9(2)5-7-10/h4-7,11-12H,3,8H2,1-2H3,(H,16,17)/p-1/t11-,12+/m1/s1. The fourth-order valence-corrected chi connectivity index (χ4v) is 4.87. The first kappa shape index (κ1) is 15.7. The summed E-state index contributed by atoms with van der Waals surface area (Å²) in [6, 6.07) is 7.51. The molecule has 1 aliphatic heterocycles. The molecule has 0 spiro atoms. The van der Waals surface area contributed by atoms with Crippen LogP contribution >= 0.6 is 35.7 Å². The molecule has 0 amide bonds. The van der Waals surface area contributed by atoms with Gasteiger partial charge in [0.2, 0.25) is 0 Å². The van der Waals surface area contributed by atoms with Gasteiger partial charge in [-0.05, 0) is 18.2 Å². The molecule has 1 aliphatic rings.